The van der Waals surface area contributed by atoms with Gasteiger partial charge in [-0.15, -0.1) is 0 Å². The van der Waals surface area contributed by atoms with E-state index in [1.54, 1.807) is 0 Å². The molecule has 0 spiro atoms. The Morgan fingerprint density at radius 1 is 0.909 bits per heavy atom. The summed E-state index contributed by atoms with van der Waals surface area (Å²) in [5, 5.41) is 0. The first-order valence-electron chi connectivity index (χ1n) is 12.6. The zero-order chi connectivity index (χ0) is 22.5. The molecule has 3 fully saturated rings. The van der Waals surface area contributed by atoms with Crippen LogP contribution in [0.1, 0.15) is 54.1 Å². The van der Waals surface area contributed by atoms with Crippen LogP contribution in [0, 0.1) is 5.92 Å². The Morgan fingerprint density at radius 3 is 2.42 bits per heavy atom. The molecule has 2 unspecified atom stereocenters. The lowest BCUT2D eigenvalue weighted by molar-refractivity contribution is 0.0698. The summed E-state index contributed by atoms with van der Waals surface area (Å²) in [5.41, 5.74) is 8.89. The number of piperidine rings is 2. The lowest BCUT2D eigenvalue weighted by Crippen LogP contribution is -2.42. The third-order valence-corrected chi connectivity index (χ3v) is 7.33. The molecule has 2 aromatic rings. The van der Waals surface area contributed by atoms with Gasteiger partial charge in [0.2, 0.25) is 0 Å². The Kier molecular flexibility index (Phi) is 7.24. The number of hydrogen-bond donors (Lipinski definition) is 2. The molecule has 0 aromatic heterocycles. The van der Waals surface area contributed by atoms with E-state index in [1.807, 2.05) is 29.2 Å². The quantitative estimate of drug-likeness (QED) is 0.707. The molecule has 2 N–H and O–H groups in total. The van der Waals surface area contributed by atoms with Crippen molar-refractivity contribution in [1.82, 2.24) is 20.7 Å². The molecule has 2 aromatic carbocycles. The molecule has 6 heteroatoms. The number of hydrazine groups is 1. The van der Waals surface area contributed by atoms with E-state index in [2.05, 4.69) is 46.1 Å². The molecule has 0 aliphatic carbocycles. The van der Waals surface area contributed by atoms with Crippen LogP contribution in [-0.4, -0.2) is 61.1 Å². The number of nitrogens with one attached hydrogen (secondary N) is 2. The second-order valence-electron chi connectivity index (χ2n) is 9.64. The average Bonchev–Trinajstić information content (AvgIpc) is 3.34. The molecule has 0 saturated carbocycles. The number of amides is 1. The van der Waals surface area contributed by atoms with Crippen LogP contribution in [0.25, 0.3) is 0 Å². The number of hydrogen-bond acceptors (Lipinski definition) is 5. The maximum absolute atomic E-state index is 13.1. The zero-order valence-electron chi connectivity index (χ0n) is 19.4. The normalized spacial score (nSPS) is 24.7. The molecule has 1 amide bonds. The highest BCUT2D eigenvalue weighted by atomic mass is 16.5. The first-order chi connectivity index (χ1) is 16.3. The number of para-hydroxylation sites is 1. The van der Waals surface area contributed by atoms with Crippen molar-refractivity contribution in [3.63, 3.8) is 0 Å². The summed E-state index contributed by atoms with van der Waals surface area (Å²) >= 11 is 0. The fourth-order valence-electron chi connectivity index (χ4n) is 5.46. The van der Waals surface area contributed by atoms with Crippen molar-refractivity contribution in [2.75, 3.05) is 39.3 Å². The Hall–Kier alpha value is -2.41. The minimum Gasteiger partial charge on any atom is -0.489 e. The largest absolute Gasteiger partial charge is 0.489 e. The summed E-state index contributed by atoms with van der Waals surface area (Å²) in [6.45, 7) is 5.86. The van der Waals surface area contributed by atoms with Gasteiger partial charge in [-0.05, 0) is 49.8 Å². The smallest absolute Gasteiger partial charge is 0.257 e. The number of benzene rings is 2. The first kappa shape index (κ1) is 22.4. The Morgan fingerprint density at radius 2 is 1.64 bits per heavy atom. The van der Waals surface area contributed by atoms with Crippen molar-refractivity contribution in [2.24, 2.45) is 5.92 Å². The summed E-state index contributed by atoms with van der Waals surface area (Å²) in [4.78, 5) is 17.6. The highest BCUT2D eigenvalue weighted by Crippen LogP contribution is 2.28. The van der Waals surface area contributed by atoms with Crippen molar-refractivity contribution in [3.05, 3.63) is 65.7 Å². The molecule has 0 radical (unpaired) electrons. The maximum atomic E-state index is 13.1. The Labute approximate surface area is 197 Å². The SMILES string of the molecule is O=C(c1ccccc1OC1CCN(CC2CNNC2c2ccccc2)CC1)N1CCCCC1. The van der Waals surface area contributed by atoms with E-state index >= 15 is 0 Å². The minimum atomic E-state index is 0.121. The molecule has 3 aliphatic rings. The molecule has 0 bridgehead atoms. The van der Waals surface area contributed by atoms with Crippen molar-refractivity contribution < 1.29 is 9.53 Å². The predicted molar refractivity (Wildman–Crippen MR) is 130 cm³/mol. The van der Waals surface area contributed by atoms with Gasteiger partial charge in [-0.1, -0.05) is 42.5 Å². The van der Waals surface area contributed by atoms with E-state index in [-0.39, 0.29) is 12.0 Å². The van der Waals surface area contributed by atoms with Gasteiger partial charge < -0.3 is 14.5 Å². The molecule has 6 nitrogen and oxygen atoms in total. The second kappa shape index (κ2) is 10.7. The van der Waals surface area contributed by atoms with Gasteiger partial charge >= 0.3 is 0 Å². The van der Waals surface area contributed by atoms with Crippen LogP contribution in [0.4, 0.5) is 0 Å². The molecular formula is C27H36N4O2. The van der Waals surface area contributed by atoms with Crippen LogP contribution in [0.2, 0.25) is 0 Å². The van der Waals surface area contributed by atoms with E-state index in [4.69, 9.17) is 4.74 Å². The van der Waals surface area contributed by atoms with Gasteiger partial charge in [0.05, 0.1) is 11.6 Å². The molecule has 2 atom stereocenters. The lowest BCUT2D eigenvalue weighted by atomic mass is 9.93. The lowest BCUT2D eigenvalue weighted by Gasteiger charge is -2.35. The predicted octanol–water partition coefficient (Wildman–Crippen LogP) is 3.62. The van der Waals surface area contributed by atoms with Gasteiger partial charge in [-0.3, -0.25) is 10.2 Å². The Bertz CT molecular complexity index is 907. The number of carbonyl (C=O) groups is 1. The fourth-order valence-corrected chi connectivity index (χ4v) is 5.46. The third kappa shape index (κ3) is 5.40. The highest BCUT2D eigenvalue weighted by molar-refractivity contribution is 5.97. The van der Waals surface area contributed by atoms with Crippen molar-refractivity contribution in [2.45, 2.75) is 44.2 Å². The number of ether oxygens (including phenoxy) is 1. The fraction of sp³-hybridized carbons (Fsp3) is 0.519. The molecule has 3 heterocycles. The van der Waals surface area contributed by atoms with Crippen LogP contribution in [0.15, 0.2) is 54.6 Å². The van der Waals surface area contributed by atoms with Crippen molar-refractivity contribution in [3.8, 4) is 5.75 Å². The number of rotatable bonds is 6. The molecule has 176 valence electrons. The van der Waals surface area contributed by atoms with Gasteiger partial charge in [-0.2, -0.15) is 0 Å². The Balaban J connectivity index is 1.15. The summed E-state index contributed by atoms with van der Waals surface area (Å²) in [6.07, 6.45) is 5.58. The van der Waals surface area contributed by atoms with E-state index in [1.165, 1.54) is 12.0 Å². The molecule has 33 heavy (non-hydrogen) atoms. The van der Waals surface area contributed by atoms with Crippen LogP contribution >= 0.6 is 0 Å². The van der Waals surface area contributed by atoms with Crippen molar-refractivity contribution in [1.29, 1.82) is 0 Å². The van der Waals surface area contributed by atoms with E-state index in [0.717, 1.165) is 76.3 Å². The van der Waals surface area contributed by atoms with Crippen molar-refractivity contribution >= 4 is 5.91 Å². The van der Waals surface area contributed by atoms with Gasteiger partial charge in [0.15, 0.2) is 0 Å². The summed E-state index contributed by atoms with van der Waals surface area (Å²) in [5.74, 6) is 1.42. The standard InChI is InChI=1S/C27H36N4O2/c32-27(31-15-7-2-8-16-31)24-11-5-6-12-25(24)33-23-13-17-30(18-14-23)20-22-19-28-29-26(22)21-9-3-1-4-10-21/h1,3-6,9-12,22-23,26,28-29H,2,7-8,13-20H2. The molecule has 3 aliphatic heterocycles. The highest BCUT2D eigenvalue weighted by Gasteiger charge is 2.31. The van der Waals surface area contributed by atoms with E-state index < -0.39 is 0 Å². The number of nitrogens with zero attached hydrogens (tertiary/aromatic N) is 2. The maximum Gasteiger partial charge on any atom is 0.257 e. The monoisotopic (exact) mass is 448 g/mol. The number of likely N-dealkylation sites (tertiary alicyclic amines) is 2. The summed E-state index contributed by atoms with van der Waals surface area (Å²) < 4.78 is 6.41. The molecular weight excluding hydrogens is 412 g/mol. The number of carbonyl (C=O) groups excluding carboxylic acids is 1. The average molecular weight is 449 g/mol. The summed E-state index contributed by atoms with van der Waals surface area (Å²) in [7, 11) is 0. The van der Waals surface area contributed by atoms with Gasteiger partial charge in [0.25, 0.3) is 5.91 Å². The minimum absolute atomic E-state index is 0.121. The van der Waals surface area contributed by atoms with Crippen LogP contribution in [0.3, 0.4) is 0 Å². The van der Waals surface area contributed by atoms with Gasteiger partial charge in [-0.25, -0.2) is 5.43 Å². The van der Waals surface area contributed by atoms with Gasteiger partial charge in [0, 0.05) is 45.2 Å². The van der Waals surface area contributed by atoms with Gasteiger partial charge in [0.1, 0.15) is 11.9 Å². The third-order valence-electron chi connectivity index (χ3n) is 7.33. The molecule has 3 saturated heterocycles. The van der Waals surface area contributed by atoms with Crippen LogP contribution in [-0.2, 0) is 0 Å². The first-order valence-corrected chi connectivity index (χ1v) is 12.6. The second-order valence-corrected chi connectivity index (χ2v) is 9.64. The summed E-state index contributed by atoms with van der Waals surface area (Å²) in [6, 6.07) is 18.9. The van der Waals surface area contributed by atoms with E-state index in [9.17, 15) is 4.79 Å². The molecule has 5 rings (SSSR count). The zero-order valence-corrected chi connectivity index (χ0v) is 19.4. The topological polar surface area (TPSA) is 56.8 Å². The van der Waals surface area contributed by atoms with Crippen LogP contribution in [0.5, 0.6) is 5.75 Å². The van der Waals surface area contributed by atoms with E-state index in [0.29, 0.717) is 12.0 Å². The van der Waals surface area contributed by atoms with Crippen LogP contribution < -0.4 is 15.6 Å².